The number of aromatic amines is 1. The maximum Gasteiger partial charge on any atom is 0.289 e. The number of piperazine rings is 1. The first-order valence-corrected chi connectivity index (χ1v) is 9.75. The van der Waals surface area contributed by atoms with Gasteiger partial charge in [0, 0.05) is 29.0 Å². The number of imidazole rings is 1. The van der Waals surface area contributed by atoms with Crippen molar-refractivity contribution in [2.75, 3.05) is 36.8 Å². The third-order valence-electron chi connectivity index (χ3n) is 5.27. The van der Waals surface area contributed by atoms with Crippen LogP contribution in [0.2, 0.25) is 0 Å². The molecule has 30 heavy (non-hydrogen) atoms. The molecule has 0 aliphatic carbocycles. The van der Waals surface area contributed by atoms with Gasteiger partial charge in [0.2, 0.25) is 0 Å². The number of benzene rings is 1. The van der Waals surface area contributed by atoms with E-state index in [0.29, 0.717) is 55.1 Å². The Balaban J connectivity index is 0.00000144. The van der Waals surface area contributed by atoms with Gasteiger partial charge in [0.05, 0.1) is 23.5 Å². The zero-order chi connectivity index (χ0) is 20.7. The van der Waals surface area contributed by atoms with Crippen molar-refractivity contribution in [3.8, 4) is 11.5 Å². The Morgan fingerprint density at radius 3 is 2.80 bits per heavy atom. The lowest BCUT2D eigenvalue weighted by molar-refractivity contribution is 0.0714. The molecule has 0 spiro atoms. The molecule has 4 aromatic rings. The highest BCUT2D eigenvalue weighted by molar-refractivity contribution is 5.91. The predicted molar refractivity (Wildman–Crippen MR) is 117 cm³/mol. The molecule has 0 unspecified atom stereocenters. The zero-order valence-corrected chi connectivity index (χ0v) is 16.5. The van der Waals surface area contributed by atoms with Gasteiger partial charge < -0.3 is 24.9 Å². The summed E-state index contributed by atoms with van der Waals surface area (Å²) in [5.41, 5.74) is 9.56. The van der Waals surface area contributed by atoms with E-state index < -0.39 is 0 Å². The minimum absolute atomic E-state index is 0. The highest BCUT2D eigenvalue weighted by atomic mass is 16.3. The van der Waals surface area contributed by atoms with Crippen molar-refractivity contribution in [1.82, 2.24) is 24.8 Å². The SMILES string of the molecule is Cc1ccc2nc(-c3nc(N4CCN(C(=O)c5ccco5)CC4)cnc3N)[nH]c2c1.[HH].[HH]. The largest absolute Gasteiger partial charge is 0.459 e. The lowest BCUT2D eigenvalue weighted by Crippen LogP contribution is -2.49. The van der Waals surface area contributed by atoms with Crippen LogP contribution in [0, 0.1) is 6.92 Å². The average Bonchev–Trinajstić information content (AvgIpc) is 3.43. The number of anilines is 2. The highest BCUT2D eigenvalue weighted by Crippen LogP contribution is 2.26. The van der Waals surface area contributed by atoms with E-state index in [9.17, 15) is 4.79 Å². The first-order valence-electron chi connectivity index (χ1n) is 9.75. The van der Waals surface area contributed by atoms with E-state index in [1.807, 2.05) is 25.1 Å². The number of hydrogen-bond acceptors (Lipinski definition) is 7. The highest BCUT2D eigenvalue weighted by Gasteiger charge is 2.25. The second-order valence-electron chi connectivity index (χ2n) is 7.32. The summed E-state index contributed by atoms with van der Waals surface area (Å²) < 4.78 is 5.22. The van der Waals surface area contributed by atoms with Crippen LogP contribution >= 0.6 is 0 Å². The van der Waals surface area contributed by atoms with Crippen LogP contribution in [0.4, 0.5) is 11.6 Å². The Morgan fingerprint density at radius 2 is 2.03 bits per heavy atom. The van der Waals surface area contributed by atoms with E-state index in [2.05, 4.69) is 19.9 Å². The van der Waals surface area contributed by atoms with Crippen molar-refractivity contribution in [3.05, 3.63) is 54.1 Å². The number of aromatic nitrogens is 4. The fraction of sp³-hybridized carbons (Fsp3) is 0.238. The summed E-state index contributed by atoms with van der Waals surface area (Å²) in [5.74, 6) is 1.88. The van der Waals surface area contributed by atoms with Gasteiger partial charge in [0.1, 0.15) is 5.82 Å². The summed E-state index contributed by atoms with van der Waals surface area (Å²) in [4.78, 5) is 33.3. The molecule has 0 atom stereocenters. The van der Waals surface area contributed by atoms with E-state index in [1.54, 1.807) is 23.2 Å². The van der Waals surface area contributed by atoms with E-state index in [0.717, 1.165) is 16.6 Å². The van der Waals surface area contributed by atoms with Gasteiger partial charge in [0.25, 0.3) is 5.91 Å². The molecule has 0 bridgehead atoms. The second-order valence-corrected chi connectivity index (χ2v) is 7.32. The Labute approximate surface area is 175 Å². The molecular weight excluding hydrogens is 382 g/mol. The van der Waals surface area contributed by atoms with Crippen LogP contribution < -0.4 is 10.6 Å². The standard InChI is InChI=1S/C21H21N7O2.2H2/c1-13-4-5-14-15(11-13)25-20(24-14)18-19(22)23-12-17(26-18)27-6-8-28(9-7-27)21(29)16-3-2-10-30-16;;/h2-5,10-12H,6-9H2,1H3,(H2,22,23)(H,24,25);2*1H. The summed E-state index contributed by atoms with van der Waals surface area (Å²) in [6, 6.07) is 9.42. The van der Waals surface area contributed by atoms with Crippen LogP contribution in [0.25, 0.3) is 22.6 Å². The predicted octanol–water partition coefficient (Wildman–Crippen LogP) is 2.96. The Kier molecular flexibility index (Phi) is 4.35. The summed E-state index contributed by atoms with van der Waals surface area (Å²) in [6.45, 7) is 4.47. The molecule has 0 radical (unpaired) electrons. The lowest BCUT2D eigenvalue weighted by atomic mass is 10.2. The van der Waals surface area contributed by atoms with Gasteiger partial charge in [-0.2, -0.15) is 0 Å². The minimum Gasteiger partial charge on any atom is -0.459 e. The molecule has 9 heteroatoms. The molecule has 4 heterocycles. The topological polar surface area (TPSA) is 117 Å². The van der Waals surface area contributed by atoms with E-state index >= 15 is 0 Å². The van der Waals surface area contributed by atoms with Crippen molar-refractivity contribution in [2.24, 2.45) is 0 Å². The van der Waals surface area contributed by atoms with E-state index in [-0.39, 0.29) is 8.76 Å². The summed E-state index contributed by atoms with van der Waals surface area (Å²) >= 11 is 0. The first kappa shape index (κ1) is 18.2. The molecule has 9 nitrogen and oxygen atoms in total. The van der Waals surface area contributed by atoms with Crippen LogP contribution in [-0.2, 0) is 0 Å². The van der Waals surface area contributed by atoms with Crippen LogP contribution in [-0.4, -0.2) is 56.9 Å². The molecule has 3 N–H and O–H groups in total. The number of H-pyrrole nitrogens is 1. The normalized spacial score (nSPS) is 14.4. The maximum absolute atomic E-state index is 12.5. The van der Waals surface area contributed by atoms with Crippen molar-refractivity contribution < 1.29 is 12.1 Å². The maximum atomic E-state index is 12.5. The zero-order valence-electron chi connectivity index (χ0n) is 16.5. The molecule has 3 aromatic heterocycles. The van der Waals surface area contributed by atoms with Gasteiger partial charge in [-0.15, -0.1) is 0 Å². The van der Waals surface area contributed by atoms with Crippen molar-refractivity contribution in [2.45, 2.75) is 6.92 Å². The second kappa shape index (κ2) is 7.18. The molecule has 0 saturated carbocycles. The molecule has 1 saturated heterocycles. The van der Waals surface area contributed by atoms with Gasteiger partial charge in [-0.3, -0.25) is 4.79 Å². The molecule has 1 aromatic carbocycles. The molecule has 1 aliphatic rings. The van der Waals surface area contributed by atoms with Gasteiger partial charge in [-0.05, 0) is 36.8 Å². The van der Waals surface area contributed by atoms with Crippen molar-refractivity contribution in [1.29, 1.82) is 0 Å². The number of nitrogens with zero attached hydrogens (tertiary/aromatic N) is 5. The number of amides is 1. The number of carbonyl (C=O) groups is 1. The Bertz CT molecular complexity index is 1220. The van der Waals surface area contributed by atoms with Crippen LogP contribution in [0.3, 0.4) is 0 Å². The molecule has 156 valence electrons. The van der Waals surface area contributed by atoms with Gasteiger partial charge in [-0.1, -0.05) is 6.07 Å². The molecule has 1 aliphatic heterocycles. The third-order valence-corrected chi connectivity index (χ3v) is 5.27. The summed E-state index contributed by atoms with van der Waals surface area (Å²) in [7, 11) is 0. The molecule has 5 rings (SSSR count). The first-order chi connectivity index (χ1) is 14.6. The smallest absolute Gasteiger partial charge is 0.289 e. The number of furan rings is 1. The van der Waals surface area contributed by atoms with E-state index in [1.165, 1.54) is 6.26 Å². The number of fused-ring (bicyclic) bond motifs is 1. The fourth-order valence-electron chi connectivity index (χ4n) is 3.65. The Hall–Kier alpha value is -3.88. The number of hydrogen-bond donors (Lipinski definition) is 2. The van der Waals surface area contributed by atoms with Gasteiger partial charge in [-0.25, -0.2) is 15.0 Å². The Morgan fingerprint density at radius 1 is 1.20 bits per heavy atom. The fourth-order valence-corrected chi connectivity index (χ4v) is 3.65. The number of rotatable bonds is 3. The average molecular weight is 407 g/mol. The van der Waals surface area contributed by atoms with Gasteiger partial charge in [0.15, 0.2) is 23.1 Å². The number of carbonyl (C=O) groups excluding carboxylic acids is 1. The van der Waals surface area contributed by atoms with Gasteiger partial charge >= 0.3 is 0 Å². The number of nitrogens with one attached hydrogen (secondary N) is 1. The quantitative estimate of drug-likeness (QED) is 0.536. The summed E-state index contributed by atoms with van der Waals surface area (Å²) in [5, 5.41) is 0. The summed E-state index contributed by atoms with van der Waals surface area (Å²) in [6.07, 6.45) is 3.17. The van der Waals surface area contributed by atoms with Crippen LogP contribution in [0.1, 0.15) is 19.0 Å². The molecular formula is C21H25N7O2. The monoisotopic (exact) mass is 407 g/mol. The lowest BCUT2D eigenvalue weighted by Gasteiger charge is -2.34. The number of nitrogen functional groups attached to an aromatic ring is 1. The molecule has 1 fully saturated rings. The molecule has 1 amide bonds. The van der Waals surface area contributed by atoms with Crippen LogP contribution in [0.15, 0.2) is 47.2 Å². The minimum atomic E-state index is -0.0960. The van der Waals surface area contributed by atoms with Crippen molar-refractivity contribution >= 4 is 28.6 Å². The van der Waals surface area contributed by atoms with Crippen LogP contribution in [0.5, 0.6) is 0 Å². The third kappa shape index (κ3) is 3.24. The number of nitrogens with two attached hydrogens (primary N) is 1. The number of aryl methyl sites for hydroxylation is 1. The van der Waals surface area contributed by atoms with E-state index in [4.69, 9.17) is 15.1 Å². The van der Waals surface area contributed by atoms with Crippen molar-refractivity contribution in [3.63, 3.8) is 0 Å².